The summed E-state index contributed by atoms with van der Waals surface area (Å²) in [6, 6.07) is 17.4. The van der Waals surface area contributed by atoms with E-state index in [1.807, 2.05) is 60.8 Å². The summed E-state index contributed by atoms with van der Waals surface area (Å²) in [5, 5.41) is 0.959. The van der Waals surface area contributed by atoms with Crippen LogP contribution in [0.25, 0.3) is 10.9 Å². The maximum absolute atomic E-state index is 13.1. The van der Waals surface area contributed by atoms with Crippen molar-refractivity contribution in [2.24, 2.45) is 5.92 Å². The third-order valence-corrected chi connectivity index (χ3v) is 4.66. The number of carbonyl (C=O) groups excluding carboxylic acids is 2. The van der Waals surface area contributed by atoms with Gasteiger partial charge in [0.25, 0.3) is 0 Å². The average molecular weight is 393 g/mol. The molecule has 5 nitrogen and oxygen atoms in total. The molecule has 3 aromatic rings. The molecule has 0 saturated heterocycles. The van der Waals surface area contributed by atoms with Gasteiger partial charge in [-0.2, -0.15) is 0 Å². The first-order valence-electron chi connectivity index (χ1n) is 9.90. The van der Waals surface area contributed by atoms with Gasteiger partial charge >= 0.3 is 11.9 Å². The molecule has 0 aliphatic carbocycles. The van der Waals surface area contributed by atoms with Crippen molar-refractivity contribution in [2.45, 2.75) is 45.8 Å². The Balaban J connectivity index is 2.17. The molecule has 3 rings (SSSR count). The SMILES string of the molecule is CC(C)OC(=O)C(C(=O)OC(C)C)C(c1ccccc1)c1c[nH]c2ccccc12. The smallest absolute Gasteiger partial charge is 0.321 e. The monoisotopic (exact) mass is 393 g/mol. The standard InChI is InChI=1S/C24H27NO4/c1-15(2)28-23(26)22(24(27)29-16(3)4)21(17-10-6-5-7-11-17)19-14-25-20-13-9-8-12-18(19)20/h5-16,21-22,25H,1-4H3. The number of benzene rings is 2. The highest BCUT2D eigenvalue weighted by Crippen LogP contribution is 2.38. The molecule has 0 radical (unpaired) electrons. The topological polar surface area (TPSA) is 68.4 Å². The molecule has 0 aliphatic heterocycles. The number of para-hydroxylation sites is 1. The Morgan fingerprint density at radius 3 is 1.93 bits per heavy atom. The highest BCUT2D eigenvalue weighted by Gasteiger charge is 2.41. The van der Waals surface area contributed by atoms with Crippen LogP contribution in [0.15, 0.2) is 60.8 Å². The number of fused-ring (bicyclic) bond motifs is 1. The third-order valence-electron chi connectivity index (χ3n) is 4.66. The van der Waals surface area contributed by atoms with Crippen LogP contribution in [0.2, 0.25) is 0 Å². The van der Waals surface area contributed by atoms with Crippen LogP contribution in [-0.2, 0) is 19.1 Å². The minimum absolute atomic E-state index is 0.337. The van der Waals surface area contributed by atoms with Crippen LogP contribution in [0.3, 0.4) is 0 Å². The van der Waals surface area contributed by atoms with Crippen LogP contribution in [0, 0.1) is 5.92 Å². The van der Waals surface area contributed by atoms with Gasteiger partial charge in [0.05, 0.1) is 12.2 Å². The molecule has 0 fully saturated rings. The molecule has 152 valence electrons. The Labute approximate surface area is 171 Å². The minimum Gasteiger partial charge on any atom is -0.462 e. The van der Waals surface area contributed by atoms with Gasteiger partial charge in [-0.15, -0.1) is 0 Å². The minimum atomic E-state index is -1.11. The fourth-order valence-corrected chi connectivity index (χ4v) is 3.54. The summed E-state index contributed by atoms with van der Waals surface area (Å²) in [5.74, 6) is -2.80. The summed E-state index contributed by atoms with van der Waals surface area (Å²) in [5.41, 5.74) is 2.65. The maximum Gasteiger partial charge on any atom is 0.321 e. The number of esters is 2. The van der Waals surface area contributed by atoms with Crippen molar-refractivity contribution in [1.29, 1.82) is 0 Å². The number of ether oxygens (including phenoxy) is 2. The molecule has 0 bridgehead atoms. The van der Waals surface area contributed by atoms with E-state index < -0.39 is 23.8 Å². The molecule has 1 unspecified atom stereocenters. The number of rotatable bonds is 7. The van der Waals surface area contributed by atoms with Gasteiger partial charge in [-0.3, -0.25) is 9.59 Å². The van der Waals surface area contributed by atoms with E-state index >= 15 is 0 Å². The van der Waals surface area contributed by atoms with E-state index in [-0.39, 0.29) is 12.2 Å². The second-order valence-corrected chi connectivity index (χ2v) is 7.63. The van der Waals surface area contributed by atoms with E-state index in [4.69, 9.17) is 9.47 Å². The van der Waals surface area contributed by atoms with Gasteiger partial charge in [0.2, 0.25) is 0 Å². The lowest BCUT2D eigenvalue weighted by Crippen LogP contribution is -2.36. The molecule has 2 aromatic carbocycles. The van der Waals surface area contributed by atoms with E-state index in [1.165, 1.54) is 0 Å². The zero-order chi connectivity index (χ0) is 21.0. The molecule has 1 heterocycles. The number of hydrogen-bond donors (Lipinski definition) is 1. The first-order valence-corrected chi connectivity index (χ1v) is 9.90. The van der Waals surface area contributed by atoms with Gasteiger partial charge in [0.15, 0.2) is 5.92 Å². The van der Waals surface area contributed by atoms with Crippen molar-refractivity contribution < 1.29 is 19.1 Å². The van der Waals surface area contributed by atoms with Gasteiger partial charge in [0.1, 0.15) is 0 Å². The molecule has 0 aliphatic rings. The normalized spacial score (nSPS) is 12.5. The third kappa shape index (κ3) is 4.67. The van der Waals surface area contributed by atoms with E-state index in [9.17, 15) is 9.59 Å². The zero-order valence-corrected chi connectivity index (χ0v) is 17.2. The molecule has 1 N–H and O–H groups in total. The Bertz CT molecular complexity index is 953. The second kappa shape index (κ2) is 8.95. The lowest BCUT2D eigenvalue weighted by molar-refractivity contribution is -0.167. The van der Waals surface area contributed by atoms with Crippen molar-refractivity contribution in [1.82, 2.24) is 4.98 Å². The molecule has 1 atom stereocenters. The predicted molar refractivity (Wildman–Crippen MR) is 113 cm³/mol. The summed E-state index contributed by atoms with van der Waals surface area (Å²) in [7, 11) is 0. The molecule has 29 heavy (non-hydrogen) atoms. The highest BCUT2D eigenvalue weighted by atomic mass is 16.6. The van der Waals surface area contributed by atoms with Crippen LogP contribution in [-0.4, -0.2) is 29.1 Å². The van der Waals surface area contributed by atoms with Crippen LogP contribution >= 0.6 is 0 Å². The summed E-state index contributed by atoms with van der Waals surface area (Å²) in [4.78, 5) is 29.4. The number of H-pyrrole nitrogens is 1. The van der Waals surface area contributed by atoms with Crippen LogP contribution in [0.1, 0.15) is 44.7 Å². The Hall–Kier alpha value is -3.08. The van der Waals surface area contributed by atoms with Crippen molar-refractivity contribution in [3.8, 4) is 0 Å². The van der Waals surface area contributed by atoms with Gasteiger partial charge in [-0.1, -0.05) is 48.5 Å². The quantitative estimate of drug-likeness (QED) is 0.462. The summed E-state index contributed by atoms with van der Waals surface area (Å²) >= 11 is 0. The summed E-state index contributed by atoms with van der Waals surface area (Å²) in [6.07, 6.45) is 1.19. The van der Waals surface area contributed by atoms with Crippen molar-refractivity contribution in [3.63, 3.8) is 0 Å². The van der Waals surface area contributed by atoms with E-state index in [0.29, 0.717) is 0 Å². The van der Waals surface area contributed by atoms with Gasteiger partial charge < -0.3 is 14.5 Å². The average Bonchev–Trinajstić information content (AvgIpc) is 3.09. The lowest BCUT2D eigenvalue weighted by atomic mass is 9.80. The molecule has 0 saturated carbocycles. The first kappa shape index (κ1) is 20.6. The fraction of sp³-hybridized carbons (Fsp3) is 0.333. The number of nitrogens with one attached hydrogen (secondary N) is 1. The Morgan fingerprint density at radius 2 is 1.34 bits per heavy atom. The first-order chi connectivity index (χ1) is 13.9. The number of hydrogen-bond acceptors (Lipinski definition) is 4. The lowest BCUT2D eigenvalue weighted by Gasteiger charge is -2.26. The van der Waals surface area contributed by atoms with Crippen LogP contribution < -0.4 is 0 Å². The molecule has 5 heteroatoms. The molecular weight excluding hydrogens is 366 g/mol. The number of aromatic amines is 1. The van der Waals surface area contributed by atoms with Gasteiger partial charge in [0, 0.05) is 23.0 Å². The Kier molecular flexibility index (Phi) is 6.37. The predicted octanol–water partition coefficient (Wildman–Crippen LogP) is 4.82. The van der Waals surface area contributed by atoms with E-state index in [2.05, 4.69) is 4.98 Å². The summed E-state index contributed by atoms with van der Waals surface area (Å²) in [6.45, 7) is 7.08. The zero-order valence-electron chi connectivity index (χ0n) is 17.2. The second-order valence-electron chi connectivity index (χ2n) is 7.63. The number of aromatic nitrogens is 1. The highest BCUT2D eigenvalue weighted by molar-refractivity contribution is 5.98. The molecule has 1 aromatic heterocycles. The van der Waals surface area contributed by atoms with Crippen molar-refractivity contribution in [2.75, 3.05) is 0 Å². The van der Waals surface area contributed by atoms with Crippen LogP contribution in [0.5, 0.6) is 0 Å². The molecular formula is C24H27NO4. The van der Waals surface area contributed by atoms with Crippen LogP contribution in [0.4, 0.5) is 0 Å². The fourth-order valence-electron chi connectivity index (χ4n) is 3.54. The summed E-state index contributed by atoms with van der Waals surface area (Å²) < 4.78 is 11.0. The molecule has 0 spiro atoms. The van der Waals surface area contributed by atoms with Crippen molar-refractivity contribution in [3.05, 3.63) is 71.9 Å². The molecule has 0 amide bonds. The van der Waals surface area contributed by atoms with Crippen molar-refractivity contribution >= 4 is 22.8 Å². The Morgan fingerprint density at radius 1 is 0.793 bits per heavy atom. The van der Waals surface area contributed by atoms with E-state index in [0.717, 1.165) is 22.0 Å². The largest absolute Gasteiger partial charge is 0.462 e. The number of carbonyl (C=O) groups is 2. The van der Waals surface area contributed by atoms with Gasteiger partial charge in [-0.25, -0.2) is 0 Å². The van der Waals surface area contributed by atoms with E-state index in [1.54, 1.807) is 27.7 Å². The van der Waals surface area contributed by atoms with Gasteiger partial charge in [-0.05, 0) is 44.9 Å². The maximum atomic E-state index is 13.1.